The third-order valence-electron chi connectivity index (χ3n) is 4.17. The van der Waals surface area contributed by atoms with Crippen LogP contribution in [-0.4, -0.2) is 36.5 Å². The molecular formula is C15H13N3O4. The molecule has 3 heterocycles. The molecular weight excluding hydrogens is 286 g/mol. The van der Waals surface area contributed by atoms with E-state index in [0.29, 0.717) is 5.69 Å². The summed E-state index contributed by atoms with van der Waals surface area (Å²) in [6.07, 6.45) is 0.0622. The SMILES string of the molecule is COC(=O)[C@H]1C[C@@H]2C(=O)N[C@@]1(C#N)C(=O)N2c1ccccc1. The quantitative estimate of drug-likeness (QED) is 0.773. The number of anilines is 1. The number of fused-ring (bicyclic) bond motifs is 3. The van der Waals surface area contributed by atoms with Gasteiger partial charge in [-0.15, -0.1) is 0 Å². The first kappa shape index (κ1) is 14.1. The molecule has 3 fully saturated rings. The van der Waals surface area contributed by atoms with Crippen LogP contribution in [0, 0.1) is 17.2 Å². The monoisotopic (exact) mass is 299 g/mol. The maximum absolute atomic E-state index is 12.8. The summed E-state index contributed by atoms with van der Waals surface area (Å²) in [5.41, 5.74) is -1.38. The van der Waals surface area contributed by atoms with Crippen molar-refractivity contribution in [3.8, 4) is 6.07 Å². The van der Waals surface area contributed by atoms with Crippen LogP contribution >= 0.6 is 0 Å². The van der Waals surface area contributed by atoms with E-state index < -0.39 is 35.3 Å². The molecule has 2 bridgehead atoms. The van der Waals surface area contributed by atoms with Crippen LogP contribution in [0.1, 0.15) is 6.42 Å². The first-order valence-electron chi connectivity index (χ1n) is 6.75. The van der Waals surface area contributed by atoms with Gasteiger partial charge in [0.05, 0.1) is 7.11 Å². The van der Waals surface area contributed by atoms with Crippen molar-refractivity contribution in [3.05, 3.63) is 30.3 Å². The zero-order valence-corrected chi connectivity index (χ0v) is 11.8. The molecule has 1 aromatic carbocycles. The van der Waals surface area contributed by atoms with Crippen molar-refractivity contribution in [2.45, 2.75) is 18.0 Å². The minimum Gasteiger partial charge on any atom is -0.469 e. The molecule has 3 atom stereocenters. The average molecular weight is 299 g/mol. The van der Waals surface area contributed by atoms with Crippen LogP contribution < -0.4 is 10.2 Å². The Morgan fingerprint density at radius 2 is 2.09 bits per heavy atom. The fraction of sp³-hybridized carbons (Fsp3) is 0.333. The van der Waals surface area contributed by atoms with Gasteiger partial charge >= 0.3 is 5.97 Å². The van der Waals surface area contributed by atoms with Gasteiger partial charge in [0.15, 0.2) is 0 Å². The van der Waals surface area contributed by atoms with Gasteiger partial charge in [0, 0.05) is 5.69 Å². The van der Waals surface area contributed by atoms with Gasteiger partial charge in [0.2, 0.25) is 11.4 Å². The van der Waals surface area contributed by atoms with Crippen molar-refractivity contribution in [2.24, 2.45) is 5.92 Å². The van der Waals surface area contributed by atoms with Gasteiger partial charge in [-0.1, -0.05) is 18.2 Å². The first-order chi connectivity index (χ1) is 10.5. The summed E-state index contributed by atoms with van der Waals surface area (Å²) in [4.78, 5) is 38.2. The molecule has 7 nitrogen and oxygen atoms in total. The molecule has 112 valence electrons. The zero-order valence-electron chi connectivity index (χ0n) is 11.8. The van der Waals surface area contributed by atoms with Crippen molar-refractivity contribution in [1.29, 1.82) is 5.26 Å². The molecule has 0 unspecified atom stereocenters. The number of carbonyl (C=O) groups excluding carboxylic acids is 3. The highest BCUT2D eigenvalue weighted by Gasteiger charge is 2.64. The highest BCUT2D eigenvalue weighted by molar-refractivity contribution is 6.16. The molecule has 4 rings (SSSR count). The Morgan fingerprint density at radius 1 is 1.41 bits per heavy atom. The summed E-state index contributed by atoms with van der Waals surface area (Å²) in [5, 5.41) is 11.9. The van der Waals surface area contributed by atoms with E-state index in [-0.39, 0.29) is 6.42 Å². The maximum atomic E-state index is 12.8. The second-order valence-corrected chi connectivity index (χ2v) is 5.25. The summed E-state index contributed by atoms with van der Waals surface area (Å²) in [7, 11) is 1.19. The highest BCUT2D eigenvalue weighted by atomic mass is 16.5. The maximum Gasteiger partial charge on any atom is 0.312 e. The van der Waals surface area contributed by atoms with Gasteiger partial charge in [-0.25, -0.2) is 0 Å². The van der Waals surface area contributed by atoms with Crippen LogP contribution in [-0.2, 0) is 19.1 Å². The number of nitrogens with one attached hydrogen (secondary N) is 1. The van der Waals surface area contributed by atoms with Crippen LogP contribution in [0.5, 0.6) is 0 Å². The highest BCUT2D eigenvalue weighted by Crippen LogP contribution is 2.40. The Morgan fingerprint density at radius 3 is 2.68 bits per heavy atom. The number of benzene rings is 1. The zero-order chi connectivity index (χ0) is 15.9. The van der Waals surface area contributed by atoms with E-state index >= 15 is 0 Å². The van der Waals surface area contributed by atoms with Crippen LogP contribution in [0.4, 0.5) is 5.69 Å². The average Bonchev–Trinajstić information content (AvgIpc) is 2.55. The Kier molecular flexibility index (Phi) is 3.10. The standard InChI is InChI=1S/C15H13N3O4/c1-22-13(20)10-7-11-12(19)17-15(10,8-16)14(21)18(11)9-5-3-2-4-6-9/h2-6,10-11H,7H2,1H3,(H,17,19)/t10-,11-,15-/m1/s1. The third-order valence-corrected chi connectivity index (χ3v) is 4.17. The molecule has 0 radical (unpaired) electrons. The van der Waals surface area contributed by atoms with Crippen molar-refractivity contribution < 1.29 is 19.1 Å². The second-order valence-electron chi connectivity index (χ2n) is 5.25. The second kappa shape index (κ2) is 4.84. The Hall–Kier alpha value is -2.88. The molecule has 2 amide bonds. The van der Waals surface area contributed by atoms with Crippen LogP contribution in [0.15, 0.2) is 30.3 Å². The number of piperidine rings is 2. The molecule has 22 heavy (non-hydrogen) atoms. The lowest BCUT2D eigenvalue weighted by molar-refractivity contribution is -0.158. The molecule has 3 saturated heterocycles. The molecule has 3 aliphatic heterocycles. The van der Waals surface area contributed by atoms with E-state index in [0.717, 1.165) is 0 Å². The molecule has 0 saturated carbocycles. The lowest BCUT2D eigenvalue weighted by Crippen LogP contribution is -2.78. The Labute approximate surface area is 126 Å². The van der Waals surface area contributed by atoms with Gasteiger partial charge in [0.25, 0.3) is 5.91 Å². The fourth-order valence-electron chi connectivity index (χ4n) is 3.08. The predicted molar refractivity (Wildman–Crippen MR) is 74.3 cm³/mol. The molecule has 0 aliphatic carbocycles. The number of nitrogens with zero attached hydrogens (tertiary/aromatic N) is 2. The molecule has 1 aromatic rings. The summed E-state index contributed by atoms with van der Waals surface area (Å²) in [6.45, 7) is 0. The van der Waals surface area contributed by atoms with Crippen molar-refractivity contribution in [2.75, 3.05) is 12.0 Å². The topological polar surface area (TPSA) is 99.5 Å². The van der Waals surface area contributed by atoms with Crippen LogP contribution in [0.3, 0.4) is 0 Å². The fourth-order valence-corrected chi connectivity index (χ4v) is 3.08. The van der Waals surface area contributed by atoms with Crippen molar-refractivity contribution >= 4 is 23.5 Å². The number of para-hydroxylation sites is 1. The minimum absolute atomic E-state index is 0.0622. The smallest absolute Gasteiger partial charge is 0.312 e. The number of hydrogen-bond donors (Lipinski definition) is 1. The van der Waals surface area contributed by atoms with Gasteiger partial charge in [-0.3, -0.25) is 19.3 Å². The van der Waals surface area contributed by atoms with E-state index in [1.807, 2.05) is 6.07 Å². The third kappa shape index (κ3) is 1.70. The van der Waals surface area contributed by atoms with E-state index in [4.69, 9.17) is 0 Å². The Balaban J connectivity index is 2.10. The van der Waals surface area contributed by atoms with Crippen molar-refractivity contribution in [1.82, 2.24) is 5.32 Å². The van der Waals surface area contributed by atoms with Crippen LogP contribution in [0.25, 0.3) is 0 Å². The largest absolute Gasteiger partial charge is 0.469 e. The van der Waals surface area contributed by atoms with Gasteiger partial charge in [-0.2, -0.15) is 5.26 Å². The van der Waals surface area contributed by atoms with Gasteiger partial charge in [-0.05, 0) is 18.6 Å². The first-order valence-corrected chi connectivity index (χ1v) is 6.75. The number of nitriles is 1. The number of amides is 2. The number of carbonyl (C=O) groups is 3. The van der Waals surface area contributed by atoms with Crippen molar-refractivity contribution in [3.63, 3.8) is 0 Å². The lowest BCUT2D eigenvalue weighted by atomic mass is 9.71. The lowest BCUT2D eigenvalue weighted by Gasteiger charge is -2.50. The number of piperazine rings is 1. The number of esters is 1. The van der Waals surface area contributed by atoms with E-state index in [1.165, 1.54) is 12.0 Å². The van der Waals surface area contributed by atoms with E-state index in [1.54, 1.807) is 30.3 Å². The Bertz CT molecular complexity index is 696. The molecule has 0 aromatic heterocycles. The number of methoxy groups -OCH3 is 1. The number of hydrogen-bond acceptors (Lipinski definition) is 5. The molecule has 0 spiro atoms. The van der Waals surface area contributed by atoms with Crippen LogP contribution in [0.2, 0.25) is 0 Å². The number of rotatable bonds is 2. The summed E-state index contributed by atoms with van der Waals surface area (Å²) in [5.74, 6) is -2.72. The number of ether oxygens (including phenoxy) is 1. The molecule has 1 N–H and O–H groups in total. The summed E-state index contributed by atoms with van der Waals surface area (Å²) >= 11 is 0. The normalized spacial score (nSPS) is 29.7. The van der Waals surface area contributed by atoms with E-state index in [2.05, 4.69) is 10.1 Å². The molecule has 3 aliphatic rings. The predicted octanol–water partition coefficient (Wildman–Crippen LogP) is -0.0267. The van der Waals surface area contributed by atoms with E-state index in [9.17, 15) is 19.6 Å². The van der Waals surface area contributed by atoms with Gasteiger partial charge < -0.3 is 10.1 Å². The molecule has 7 heteroatoms. The summed E-state index contributed by atoms with van der Waals surface area (Å²) < 4.78 is 4.68. The summed E-state index contributed by atoms with van der Waals surface area (Å²) in [6, 6.07) is 9.63. The van der Waals surface area contributed by atoms with Gasteiger partial charge in [0.1, 0.15) is 18.0 Å². The minimum atomic E-state index is -1.91.